The molecule has 0 bridgehead atoms. The predicted octanol–water partition coefficient (Wildman–Crippen LogP) is 3.03. The molecule has 0 aliphatic heterocycles. The molecule has 1 rings (SSSR count). The molecule has 2 N–H and O–H groups in total. The Bertz CT molecular complexity index is 244. The lowest BCUT2D eigenvalue weighted by atomic mass is 9.86. The Balaban J connectivity index is 0.00000169. The summed E-state index contributed by atoms with van der Waals surface area (Å²) in [6.45, 7) is 5.20. The number of halogens is 1. The molecule has 0 fully saturated rings. The summed E-state index contributed by atoms with van der Waals surface area (Å²) in [5, 5.41) is 0. The normalized spacial score (nSPS) is 10.8. The van der Waals surface area contributed by atoms with Gasteiger partial charge in [0.1, 0.15) is 0 Å². The van der Waals surface area contributed by atoms with Crippen molar-refractivity contribution in [3.63, 3.8) is 0 Å². The molecule has 0 atom stereocenters. The number of hydrogen-bond donors (Lipinski definition) is 1. The van der Waals surface area contributed by atoms with E-state index in [1.54, 1.807) is 0 Å². The third-order valence-electron chi connectivity index (χ3n) is 2.49. The third kappa shape index (κ3) is 4.64. The molecule has 0 heterocycles. The Hall–Kier alpha value is -0.530. The van der Waals surface area contributed by atoms with Crippen LogP contribution in [-0.2, 0) is 6.42 Å². The molecule has 1 nitrogen and oxygen atoms in total. The van der Waals surface area contributed by atoms with Crippen molar-refractivity contribution in [1.82, 2.24) is 0 Å². The Morgan fingerprint density at radius 2 is 1.71 bits per heavy atom. The number of hydrogen-bond acceptors (Lipinski definition) is 1. The maximum atomic E-state index is 5.67. The molecule has 1 aromatic rings. The van der Waals surface area contributed by atoms with Crippen molar-refractivity contribution in [3.8, 4) is 0 Å². The molecule has 2 heteroatoms. The minimum absolute atomic E-state index is 0. The molecule has 0 unspecified atom stereocenters. The number of nitrogens with two attached hydrogens (primary N) is 1. The van der Waals surface area contributed by atoms with Crippen molar-refractivity contribution in [2.24, 2.45) is 11.1 Å². The molecule has 1 aromatic carbocycles. The van der Waals surface area contributed by atoms with Gasteiger partial charge in [0.15, 0.2) is 0 Å². The summed E-state index contributed by atoms with van der Waals surface area (Å²) >= 11 is 0. The minimum atomic E-state index is 0. The van der Waals surface area contributed by atoms with E-state index >= 15 is 0 Å². The average Bonchev–Trinajstić information content (AvgIpc) is 2.17. The van der Waals surface area contributed by atoms with Crippen LogP contribution in [0.25, 0.3) is 0 Å². The molecule has 0 spiro atoms. The van der Waals surface area contributed by atoms with Crippen LogP contribution in [0.4, 0.5) is 0 Å². The van der Waals surface area contributed by atoms with Gasteiger partial charge in [-0.1, -0.05) is 44.2 Å². The van der Waals surface area contributed by atoms with Gasteiger partial charge in [-0.2, -0.15) is 0 Å². The highest BCUT2D eigenvalue weighted by Crippen LogP contribution is 2.20. The fourth-order valence-corrected chi connectivity index (χ4v) is 1.23. The van der Waals surface area contributed by atoms with E-state index in [9.17, 15) is 0 Å². The van der Waals surface area contributed by atoms with Crippen molar-refractivity contribution >= 4 is 12.4 Å². The Morgan fingerprint density at radius 3 is 2.21 bits per heavy atom. The molecule has 14 heavy (non-hydrogen) atoms. The van der Waals surface area contributed by atoms with Crippen LogP contribution in [0.5, 0.6) is 0 Å². The van der Waals surface area contributed by atoms with Gasteiger partial charge in [0, 0.05) is 0 Å². The first-order valence-corrected chi connectivity index (χ1v) is 4.88. The van der Waals surface area contributed by atoms with Crippen LogP contribution in [0.1, 0.15) is 25.8 Å². The van der Waals surface area contributed by atoms with Gasteiger partial charge in [0.2, 0.25) is 0 Å². The van der Waals surface area contributed by atoms with E-state index in [1.807, 2.05) is 0 Å². The van der Waals surface area contributed by atoms with Gasteiger partial charge in [0.05, 0.1) is 0 Å². The van der Waals surface area contributed by atoms with Crippen LogP contribution < -0.4 is 5.73 Å². The van der Waals surface area contributed by atoms with Gasteiger partial charge in [-0.05, 0) is 30.4 Å². The topological polar surface area (TPSA) is 26.0 Å². The predicted molar refractivity (Wildman–Crippen MR) is 64.8 cm³/mol. The van der Waals surface area contributed by atoms with Gasteiger partial charge >= 0.3 is 0 Å². The number of aryl methyl sites for hydroxylation is 1. The third-order valence-corrected chi connectivity index (χ3v) is 2.49. The first-order chi connectivity index (χ1) is 6.14. The standard InChI is InChI=1S/C12H19N.ClH/c1-12(2,10-13)9-8-11-6-4-3-5-7-11;/h3-7H,8-10,13H2,1-2H3;1H. The summed E-state index contributed by atoms with van der Waals surface area (Å²) in [6, 6.07) is 10.6. The quantitative estimate of drug-likeness (QED) is 0.818. The molecule has 0 saturated heterocycles. The van der Waals surface area contributed by atoms with E-state index in [0.29, 0.717) is 0 Å². The van der Waals surface area contributed by atoms with Gasteiger partial charge in [-0.25, -0.2) is 0 Å². The van der Waals surface area contributed by atoms with Gasteiger partial charge < -0.3 is 5.73 Å². The lowest BCUT2D eigenvalue weighted by Crippen LogP contribution is -2.23. The van der Waals surface area contributed by atoms with Crippen LogP contribution in [0, 0.1) is 5.41 Å². The van der Waals surface area contributed by atoms with Crippen molar-refractivity contribution < 1.29 is 0 Å². The smallest absolute Gasteiger partial charge is 0.00257 e. The van der Waals surface area contributed by atoms with E-state index in [0.717, 1.165) is 19.4 Å². The maximum Gasteiger partial charge on any atom is -0.00257 e. The molecule has 80 valence electrons. The van der Waals surface area contributed by atoms with E-state index in [2.05, 4.69) is 44.2 Å². The number of benzene rings is 1. The van der Waals surface area contributed by atoms with Gasteiger partial charge in [-0.3, -0.25) is 0 Å². The summed E-state index contributed by atoms with van der Waals surface area (Å²) < 4.78 is 0. The Kier molecular flexibility index (Phi) is 5.82. The molecule has 0 aromatic heterocycles. The summed E-state index contributed by atoms with van der Waals surface area (Å²) in [5.74, 6) is 0. The fourth-order valence-electron chi connectivity index (χ4n) is 1.23. The van der Waals surface area contributed by atoms with Crippen molar-refractivity contribution in [2.45, 2.75) is 26.7 Å². The minimum Gasteiger partial charge on any atom is -0.330 e. The highest BCUT2D eigenvalue weighted by molar-refractivity contribution is 5.85. The zero-order valence-electron chi connectivity index (χ0n) is 8.99. The lowest BCUT2D eigenvalue weighted by molar-refractivity contribution is 0.348. The van der Waals surface area contributed by atoms with Crippen LogP contribution in [0.3, 0.4) is 0 Å². The lowest BCUT2D eigenvalue weighted by Gasteiger charge is -2.21. The summed E-state index contributed by atoms with van der Waals surface area (Å²) in [7, 11) is 0. The van der Waals surface area contributed by atoms with Crippen LogP contribution in [0.15, 0.2) is 30.3 Å². The van der Waals surface area contributed by atoms with Crippen molar-refractivity contribution in [1.29, 1.82) is 0 Å². The van der Waals surface area contributed by atoms with Gasteiger partial charge in [-0.15, -0.1) is 12.4 Å². The fraction of sp³-hybridized carbons (Fsp3) is 0.500. The molecule has 0 aliphatic rings. The second-order valence-electron chi connectivity index (χ2n) is 4.35. The van der Waals surface area contributed by atoms with Gasteiger partial charge in [0.25, 0.3) is 0 Å². The first kappa shape index (κ1) is 13.5. The number of rotatable bonds is 4. The molecule has 0 saturated carbocycles. The maximum absolute atomic E-state index is 5.67. The SMILES string of the molecule is CC(C)(CN)CCc1ccccc1.Cl. The van der Waals surface area contributed by atoms with E-state index in [-0.39, 0.29) is 17.8 Å². The highest BCUT2D eigenvalue weighted by atomic mass is 35.5. The molecule has 0 aliphatic carbocycles. The molecule has 0 radical (unpaired) electrons. The van der Waals surface area contributed by atoms with E-state index in [1.165, 1.54) is 5.56 Å². The first-order valence-electron chi connectivity index (χ1n) is 4.88. The monoisotopic (exact) mass is 213 g/mol. The average molecular weight is 214 g/mol. The summed E-state index contributed by atoms with van der Waals surface area (Å²) in [6.07, 6.45) is 2.29. The Morgan fingerprint density at radius 1 is 1.14 bits per heavy atom. The zero-order chi connectivity index (χ0) is 9.73. The second-order valence-corrected chi connectivity index (χ2v) is 4.35. The molecular formula is C12H20ClN. The van der Waals surface area contributed by atoms with E-state index < -0.39 is 0 Å². The second kappa shape index (κ2) is 6.05. The largest absolute Gasteiger partial charge is 0.330 e. The van der Waals surface area contributed by atoms with Crippen LogP contribution >= 0.6 is 12.4 Å². The summed E-state index contributed by atoms with van der Waals surface area (Å²) in [4.78, 5) is 0. The molecule has 0 amide bonds. The van der Waals surface area contributed by atoms with Crippen molar-refractivity contribution in [3.05, 3.63) is 35.9 Å². The molecular weight excluding hydrogens is 194 g/mol. The Labute approximate surface area is 93.1 Å². The van der Waals surface area contributed by atoms with Crippen LogP contribution in [0.2, 0.25) is 0 Å². The summed E-state index contributed by atoms with van der Waals surface area (Å²) in [5.41, 5.74) is 7.35. The van der Waals surface area contributed by atoms with Crippen LogP contribution in [-0.4, -0.2) is 6.54 Å². The highest BCUT2D eigenvalue weighted by Gasteiger charge is 2.14. The van der Waals surface area contributed by atoms with Crippen molar-refractivity contribution in [2.75, 3.05) is 6.54 Å². The zero-order valence-corrected chi connectivity index (χ0v) is 9.81. The van der Waals surface area contributed by atoms with E-state index in [4.69, 9.17) is 5.73 Å².